The first kappa shape index (κ1) is 24.0. The van der Waals surface area contributed by atoms with Crippen molar-refractivity contribution in [1.29, 1.82) is 0 Å². The molecule has 2 saturated heterocycles. The van der Waals surface area contributed by atoms with Gasteiger partial charge in [0.1, 0.15) is 0 Å². The van der Waals surface area contributed by atoms with Gasteiger partial charge in [-0.2, -0.15) is 0 Å². The molecule has 0 spiro atoms. The zero-order chi connectivity index (χ0) is 24.2. The minimum Gasteiger partial charge on any atom is -0.348 e. The Morgan fingerprint density at radius 3 is 2.54 bits per heavy atom. The topological polar surface area (TPSA) is 68.8 Å². The quantitative estimate of drug-likeness (QED) is 0.552. The number of hydrogen-bond donors (Lipinski definition) is 1. The Hall–Kier alpha value is -2.68. The molecule has 3 heterocycles. The lowest BCUT2D eigenvalue weighted by Gasteiger charge is -2.33. The molecule has 3 aromatic rings. The van der Waals surface area contributed by atoms with Gasteiger partial charge in [0, 0.05) is 45.2 Å². The molecule has 0 aliphatic carbocycles. The van der Waals surface area contributed by atoms with Crippen molar-refractivity contribution in [2.24, 2.45) is 5.92 Å². The monoisotopic (exact) mass is 511 g/mol. The number of hydrogen-bond acceptors (Lipinski definition) is 6. The van der Waals surface area contributed by atoms with Gasteiger partial charge in [0.15, 0.2) is 5.13 Å². The highest BCUT2D eigenvalue weighted by Crippen LogP contribution is 2.32. The standard InChI is InChI=1S/C26H30ClN5O2S/c27-20-6-1-2-7-21(20)28-24(33)18-30-12-5-13-31(17-16-30)25(34)19-10-14-32(15-11-19)26-29-22-8-3-4-9-23(22)35-26/h1-4,6-9,19H,5,10-18H2,(H,28,33). The number of fused-ring (bicyclic) bond motifs is 1. The summed E-state index contributed by atoms with van der Waals surface area (Å²) in [5.74, 6) is 0.243. The first-order chi connectivity index (χ1) is 17.1. The normalized spacial score (nSPS) is 18.0. The summed E-state index contributed by atoms with van der Waals surface area (Å²) >= 11 is 7.87. The van der Waals surface area contributed by atoms with E-state index >= 15 is 0 Å². The predicted molar refractivity (Wildman–Crippen MR) is 142 cm³/mol. The molecule has 2 fully saturated rings. The fourth-order valence-electron chi connectivity index (χ4n) is 4.88. The fraction of sp³-hybridized carbons (Fsp3) is 0.423. The van der Waals surface area contributed by atoms with E-state index in [1.165, 1.54) is 4.70 Å². The van der Waals surface area contributed by atoms with Crippen molar-refractivity contribution < 1.29 is 9.59 Å². The van der Waals surface area contributed by atoms with Crippen molar-refractivity contribution in [3.8, 4) is 0 Å². The molecule has 35 heavy (non-hydrogen) atoms. The van der Waals surface area contributed by atoms with Crippen molar-refractivity contribution in [2.75, 3.05) is 56.0 Å². The summed E-state index contributed by atoms with van der Waals surface area (Å²) in [7, 11) is 0. The maximum Gasteiger partial charge on any atom is 0.238 e. The molecule has 2 aliphatic rings. The van der Waals surface area contributed by atoms with Crippen molar-refractivity contribution in [3.63, 3.8) is 0 Å². The number of nitrogens with zero attached hydrogens (tertiary/aromatic N) is 4. The van der Waals surface area contributed by atoms with Gasteiger partial charge in [-0.1, -0.05) is 47.2 Å². The molecule has 0 unspecified atom stereocenters. The SMILES string of the molecule is O=C(CN1CCCN(C(=O)C2CCN(c3nc4ccccc4s3)CC2)CC1)Nc1ccccc1Cl. The van der Waals surface area contributed by atoms with E-state index in [4.69, 9.17) is 16.6 Å². The number of rotatable bonds is 5. The van der Waals surface area contributed by atoms with Gasteiger partial charge in [-0.05, 0) is 43.5 Å². The van der Waals surface area contributed by atoms with Crippen molar-refractivity contribution in [1.82, 2.24) is 14.8 Å². The van der Waals surface area contributed by atoms with Gasteiger partial charge in [0.2, 0.25) is 11.8 Å². The van der Waals surface area contributed by atoms with E-state index in [0.717, 1.165) is 56.1 Å². The second-order valence-electron chi connectivity index (χ2n) is 9.21. The van der Waals surface area contributed by atoms with E-state index in [-0.39, 0.29) is 17.7 Å². The van der Waals surface area contributed by atoms with Crippen LogP contribution in [-0.4, -0.2) is 72.4 Å². The van der Waals surface area contributed by atoms with Crippen LogP contribution < -0.4 is 10.2 Å². The number of piperidine rings is 1. The average Bonchev–Trinajstić information content (AvgIpc) is 3.18. The number of carbonyl (C=O) groups is 2. The van der Waals surface area contributed by atoms with E-state index in [9.17, 15) is 9.59 Å². The van der Waals surface area contributed by atoms with Gasteiger partial charge < -0.3 is 15.1 Å². The minimum atomic E-state index is -0.0832. The Kier molecular flexibility index (Phi) is 7.51. The fourth-order valence-corrected chi connectivity index (χ4v) is 6.08. The molecule has 7 nitrogen and oxygen atoms in total. The third kappa shape index (κ3) is 5.77. The van der Waals surface area contributed by atoms with Gasteiger partial charge in [0.25, 0.3) is 0 Å². The number of para-hydroxylation sites is 2. The van der Waals surface area contributed by atoms with E-state index < -0.39 is 0 Å². The van der Waals surface area contributed by atoms with Crippen LogP contribution in [0.25, 0.3) is 10.2 Å². The van der Waals surface area contributed by atoms with E-state index in [1.807, 2.05) is 29.2 Å². The molecule has 0 atom stereocenters. The lowest BCUT2D eigenvalue weighted by Crippen LogP contribution is -2.44. The van der Waals surface area contributed by atoms with Crippen molar-refractivity contribution >= 4 is 55.8 Å². The second kappa shape index (κ2) is 10.9. The molecule has 5 rings (SSSR count). The lowest BCUT2D eigenvalue weighted by atomic mass is 9.95. The van der Waals surface area contributed by atoms with Crippen LogP contribution in [0.5, 0.6) is 0 Å². The molecule has 2 aliphatic heterocycles. The Balaban J connectivity index is 1.10. The molecule has 0 bridgehead atoms. The van der Waals surface area contributed by atoms with Gasteiger partial charge in [-0.3, -0.25) is 14.5 Å². The number of halogens is 1. The summed E-state index contributed by atoms with van der Waals surface area (Å²) in [4.78, 5) is 37.0. The minimum absolute atomic E-state index is 0.0655. The Morgan fingerprint density at radius 1 is 0.971 bits per heavy atom. The number of benzene rings is 2. The number of thiazole rings is 1. The van der Waals surface area contributed by atoms with Crippen LogP contribution in [0.2, 0.25) is 5.02 Å². The summed E-state index contributed by atoms with van der Waals surface area (Å²) in [5.41, 5.74) is 1.67. The first-order valence-electron chi connectivity index (χ1n) is 12.2. The van der Waals surface area contributed by atoms with Crippen LogP contribution in [-0.2, 0) is 9.59 Å². The first-order valence-corrected chi connectivity index (χ1v) is 13.4. The summed E-state index contributed by atoms with van der Waals surface area (Å²) in [6.45, 7) is 4.93. The smallest absolute Gasteiger partial charge is 0.238 e. The Morgan fingerprint density at radius 2 is 1.74 bits per heavy atom. The summed E-state index contributed by atoms with van der Waals surface area (Å²) in [6.07, 6.45) is 2.58. The van der Waals surface area contributed by atoms with Crippen molar-refractivity contribution in [2.45, 2.75) is 19.3 Å². The van der Waals surface area contributed by atoms with Crippen LogP contribution >= 0.6 is 22.9 Å². The molecule has 2 aromatic carbocycles. The summed E-state index contributed by atoms with van der Waals surface area (Å²) in [5, 5.41) is 4.47. The number of amides is 2. The Bertz CT molecular complexity index is 1160. The van der Waals surface area contributed by atoms with Crippen LogP contribution in [0.1, 0.15) is 19.3 Å². The van der Waals surface area contributed by atoms with Crippen LogP contribution in [0.3, 0.4) is 0 Å². The largest absolute Gasteiger partial charge is 0.348 e. The molecule has 1 N–H and O–H groups in total. The summed E-state index contributed by atoms with van der Waals surface area (Å²) < 4.78 is 1.20. The molecular weight excluding hydrogens is 482 g/mol. The predicted octanol–water partition coefficient (Wildman–Crippen LogP) is 4.34. The molecule has 2 amide bonds. The molecular formula is C26H30ClN5O2S. The van der Waals surface area contributed by atoms with Crippen LogP contribution in [0.4, 0.5) is 10.8 Å². The van der Waals surface area contributed by atoms with Crippen molar-refractivity contribution in [3.05, 3.63) is 53.6 Å². The molecule has 184 valence electrons. The van der Waals surface area contributed by atoms with Gasteiger partial charge in [0.05, 0.1) is 27.5 Å². The highest BCUT2D eigenvalue weighted by molar-refractivity contribution is 7.22. The number of aromatic nitrogens is 1. The van der Waals surface area contributed by atoms with E-state index in [2.05, 4.69) is 27.2 Å². The number of carbonyl (C=O) groups excluding carboxylic acids is 2. The van der Waals surface area contributed by atoms with Crippen LogP contribution in [0, 0.1) is 5.92 Å². The number of nitrogens with one attached hydrogen (secondary N) is 1. The van der Waals surface area contributed by atoms with Gasteiger partial charge >= 0.3 is 0 Å². The maximum atomic E-state index is 13.3. The van der Waals surface area contributed by atoms with Crippen LogP contribution in [0.15, 0.2) is 48.5 Å². The second-order valence-corrected chi connectivity index (χ2v) is 10.6. The van der Waals surface area contributed by atoms with Gasteiger partial charge in [-0.15, -0.1) is 0 Å². The van der Waals surface area contributed by atoms with E-state index in [0.29, 0.717) is 30.3 Å². The zero-order valence-electron chi connectivity index (χ0n) is 19.7. The van der Waals surface area contributed by atoms with Gasteiger partial charge in [-0.25, -0.2) is 4.98 Å². The maximum absolute atomic E-state index is 13.3. The third-order valence-corrected chi connectivity index (χ3v) is 8.24. The third-order valence-electron chi connectivity index (χ3n) is 6.81. The molecule has 9 heteroatoms. The molecule has 1 aromatic heterocycles. The summed E-state index contributed by atoms with van der Waals surface area (Å²) in [6, 6.07) is 15.5. The molecule has 0 radical (unpaired) electrons. The highest BCUT2D eigenvalue weighted by Gasteiger charge is 2.30. The lowest BCUT2D eigenvalue weighted by molar-refractivity contribution is -0.136. The molecule has 0 saturated carbocycles. The number of anilines is 2. The van der Waals surface area contributed by atoms with E-state index in [1.54, 1.807) is 23.5 Å². The highest BCUT2D eigenvalue weighted by atomic mass is 35.5. The average molecular weight is 512 g/mol. The Labute approximate surface area is 214 Å². The zero-order valence-corrected chi connectivity index (χ0v) is 21.2.